The Balaban J connectivity index is 1.45. The highest BCUT2D eigenvalue weighted by Crippen LogP contribution is 2.28. The van der Waals surface area contributed by atoms with Gasteiger partial charge in [0, 0.05) is 30.1 Å². The van der Waals surface area contributed by atoms with Crippen molar-refractivity contribution in [2.24, 2.45) is 0 Å². The standard InChI is InChI=1S/C23H28N4O2S/c1-15-8-9-18(20(12-15)28-4)13-27-10-11-29-21(14-27)19-6-5-7-22(25-19)26-23-24-16(2)17(3)30-23/h5-9,12,21H,10-11,13-14H2,1-4H3,(H,24,25,26)/t21-/m0/s1. The van der Waals surface area contributed by atoms with Gasteiger partial charge in [-0.15, -0.1) is 11.3 Å². The molecule has 158 valence electrons. The van der Waals surface area contributed by atoms with Crippen molar-refractivity contribution in [3.05, 3.63) is 63.8 Å². The monoisotopic (exact) mass is 424 g/mol. The maximum absolute atomic E-state index is 6.06. The predicted molar refractivity (Wildman–Crippen MR) is 121 cm³/mol. The lowest BCUT2D eigenvalue weighted by molar-refractivity contribution is -0.0350. The number of benzene rings is 1. The molecule has 1 N–H and O–H groups in total. The molecule has 1 aromatic carbocycles. The number of methoxy groups -OCH3 is 1. The Morgan fingerprint density at radius 3 is 2.83 bits per heavy atom. The highest BCUT2D eigenvalue weighted by atomic mass is 32.1. The fraction of sp³-hybridized carbons (Fsp3) is 0.391. The number of hydrogen-bond acceptors (Lipinski definition) is 7. The highest BCUT2D eigenvalue weighted by Gasteiger charge is 2.24. The number of nitrogens with one attached hydrogen (secondary N) is 1. The summed E-state index contributed by atoms with van der Waals surface area (Å²) in [6, 6.07) is 12.4. The summed E-state index contributed by atoms with van der Waals surface area (Å²) < 4.78 is 11.6. The number of morpholine rings is 1. The minimum atomic E-state index is -0.0586. The average molecular weight is 425 g/mol. The molecule has 1 aliphatic heterocycles. The summed E-state index contributed by atoms with van der Waals surface area (Å²) in [5, 5.41) is 4.19. The zero-order chi connectivity index (χ0) is 21.1. The Hall–Kier alpha value is -2.48. The van der Waals surface area contributed by atoms with Crippen LogP contribution in [0.2, 0.25) is 0 Å². The molecule has 0 aliphatic carbocycles. The summed E-state index contributed by atoms with van der Waals surface area (Å²) in [7, 11) is 1.73. The number of hydrogen-bond donors (Lipinski definition) is 1. The summed E-state index contributed by atoms with van der Waals surface area (Å²) in [4.78, 5) is 13.0. The van der Waals surface area contributed by atoms with Crippen molar-refractivity contribution in [2.75, 3.05) is 32.1 Å². The molecule has 6 nitrogen and oxygen atoms in total. The number of aromatic nitrogens is 2. The van der Waals surface area contributed by atoms with Crippen molar-refractivity contribution < 1.29 is 9.47 Å². The second kappa shape index (κ2) is 9.12. The molecule has 1 saturated heterocycles. The maximum atomic E-state index is 6.06. The molecule has 1 aliphatic rings. The summed E-state index contributed by atoms with van der Waals surface area (Å²) in [5.41, 5.74) is 4.39. The Morgan fingerprint density at radius 2 is 2.07 bits per heavy atom. The van der Waals surface area contributed by atoms with E-state index in [0.29, 0.717) is 6.61 Å². The lowest BCUT2D eigenvalue weighted by Gasteiger charge is -2.33. The van der Waals surface area contributed by atoms with E-state index in [4.69, 9.17) is 14.5 Å². The van der Waals surface area contributed by atoms with Crippen LogP contribution in [-0.4, -0.2) is 41.7 Å². The minimum absolute atomic E-state index is 0.0586. The molecule has 4 rings (SSSR count). The summed E-state index contributed by atoms with van der Waals surface area (Å²) in [6.07, 6.45) is -0.0586. The topological polar surface area (TPSA) is 59.5 Å². The van der Waals surface area contributed by atoms with E-state index in [0.717, 1.165) is 47.7 Å². The molecule has 0 amide bonds. The SMILES string of the molecule is COc1cc(C)ccc1CN1CCO[C@H](c2cccc(Nc3nc(C)c(C)s3)n2)C1. The van der Waals surface area contributed by atoms with E-state index >= 15 is 0 Å². The van der Waals surface area contributed by atoms with Crippen LogP contribution in [-0.2, 0) is 11.3 Å². The van der Waals surface area contributed by atoms with Gasteiger partial charge >= 0.3 is 0 Å². The van der Waals surface area contributed by atoms with E-state index < -0.39 is 0 Å². The van der Waals surface area contributed by atoms with Gasteiger partial charge in [0.05, 0.1) is 25.1 Å². The molecule has 1 fully saturated rings. The minimum Gasteiger partial charge on any atom is -0.496 e. The van der Waals surface area contributed by atoms with E-state index in [1.807, 2.05) is 25.1 Å². The quantitative estimate of drug-likeness (QED) is 0.614. The lowest BCUT2D eigenvalue weighted by Crippen LogP contribution is -2.38. The first-order valence-corrected chi connectivity index (χ1v) is 11.0. The first-order chi connectivity index (χ1) is 14.5. The Kier molecular flexibility index (Phi) is 6.32. The van der Waals surface area contributed by atoms with Crippen molar-refractivity contribution >= 4 is 22.3 Å². The fourth-order valence-corrected chi connectivity index (χ4v) is 4.41. The molecule has 3 heterocycles. The Labute approximate surface area is 181 Å². The van der Waals surface area contributed by atoms with E-state index in [9.17, 15) is 0 Å². The Bertz CT molecular complexity index is 1000. The van der Waals surface area contributed by atoms with Crippen LogP contribution in [0.4, 0.5) is 10.9 Å². The second-order valence-corrected chi connectivity index (χ2v) is 8.85. The molecular formula is C23H28N4O2S. The molecule has 0 unspecified atom stereocenters. The third-order valence-corrected chi connectivity index (χ3v) is 6.34. The van der Waals surface area contributed by atoms with E-state index in [2.05, 4.69) is 47.2 Å². The van der Waals surface area contributed by atoms with E-state index in [1.165, 1.54) is 16.0 Å². The first-order valence-electron chi connectivity index (χ1n) is 10.2. The maximum Gasteiger partial charge on any atom is 0.188 e. The summed E-state index contributed by atoms with van der Waals surface area (Å²) in [6.45, 7) is 9.38. The molecular weight excluding hydrogens is 396 g/mol. The van der Waals surface area contributed by atoms with Gasteiger partial charge in [0.15, 0.2) is 5.13 Å². The third kappa shape index (κ3) is 4.80. The molecule has 0 bridgehead atoms. The van der Waals surface area contributed by atoms with Crippen LogP contribution in [0.15, 0.2) is 36.4 Å². The van der Waals surface area contributed by atoms with Gasteiger partial charge in [-0.1, -0.05) is 18.2 Å². The predicted octanol–water partition coefficient (Wildman–Crippen LogP) is 4.79. The normalized spacial score (nSPS) is 17.1. The number of pyridine rings is 1. The van der Waals surface area contributed by atoms with Crippen LogP contribution >= 0.6 is 11.3 Å². The van der Waals surface area contributed by atoms with Gasteiger partial charge in [-0.05, 0) is 44.5 Å². The molecule has 0 saturated carbocycles. The lowest BCUT2D eigenvalue weighted by atomic mass is 10.1. The molecule has 7 heteroatoms. The van der Waals surface area contributed by atoms with Gasteiger partial charge in [0.25, 0.3) is 0 Å². The number of ether oxygens (including phenoxy) is 2. The van der Waals surface area contributed by atoms with Gasteiger partial charge in [0.1, 0.15) is 17.7 Å². The van der Waals surface area contributed by atoms with Crippen molar-refractivity contribution in [2.45, 2.75) is 33.4 Å². The van der Waals surface area contributed by atoms with E-state index in [1.54, 1.807) is 18.4 Å². The number of nitrogens with zero attached hydrogens (tertiary/aromatic N) is 3. The zero-order valence-corrected chi connectivity index (χ0v) is 18.8. The number of thiazole rings is 1. The molecule has 3 aromatic rings. The summed E-state index contributed by atoms with van der Waals surface area (Å²) >= 11 is 1.64. The number of aryl methyl sites for hydroxylation is 3. The Morgan fingerprint density at radius 1 is 1.20 bits per heavy atom. The zero-order valence-electron chi connectivity index (χ0n) is 17.9. The van der Waals surface area contributed by atoms with Gasteiger partial charge < -0.3 is 14.8 Å². The van der Waals surface area contributed by atoms with Crippen molar-refractivity contribution in [3.8, 4) is 5.75 Å². The van der Waals surface area contributed by atoms with Crippen LogP contribution in [0.3, 0.4) is 0 Å². The van der Waals surface area contributed by atoms with Crippen LogP contribution in [0, 0.1) is 20.8 Å². The number of anilines is 2. The molecule has 0 radical (unpaired) electrons. The average Bonchev–Trinajstić information content (AvgIpc) is 3.06. The third-order valence-electron chi connectivity index (χ3n) is 5.35. The molecule has 0 spiro atoms. The number of rotatable bonds is 6. The smallest absolute Gasteiger partial charge is 0.188 e. The fourth-order valence-electron chi connectivity index (χ4n) is 3.58. The molecule has 1 atom stereocenters. The van der Waals surface area contributed by atoms with Crippen molar-refractivity contribution in [3.63, 3.8) is 0 Å². The van der Waals surface area contributed by atoms with Crippen molar-refractivity contribution in [1.29, 1.82) is 0 Å². The van der Waals surface area contributed by atoms with Crippen LogP contribution in [0.1, 0.15) is 33.5 Å². The molecule has 30 heavy (non-hydrogen) atoms. The van der Waals surface area contributed by atoms with Gasteiger partial charge in [0.2, 0.25) is 0 Å². The van der Waals surface area contributed by atoms with Crippen LogP contribution < -0.4 is 10.1 Å². The molecule has 2 aromatic heterocycles. The largest absolute Gasteiger partial charge is 0.496 e. The van der Waals surface area contributed by atoms with Crippen molar-refractivity contribution in [1.82, 2.24) is 14.9 Å². The van der Waals surface area contributed by atoms with Gasteiger partial charge in [-0.25, -0.2) is 9.97 Å². The second-order valence-electron chi connectivity index (χ2n) is 7.64. The van der Waals surface area contributed by atoms with Crippen LogP contribution in [0.5, 0.6) is 5.75 Å². The van der Waals surface area contributed by atoms with Gasteiger partial charge in [-0.3, -0.25) is 4.90 Å². The van der Waals surface area contributed by atoms with E-state index in [-0.39, 0.29) is 6.10 Å². The highest BCUT2D eigenvalue weighted by molar-refractivity contribution is 7.15. The van der Waals surface area contributed by atoms with Gasteiger partial charge in [-0.2, -0.15) is 0 Å². The summed E-state index contributed by atoms with van der Waals surface area (Å²) in [5.74, 6) is 1.73. The first kappa shape index (κ1) is 20.8. The van der Waals surface area contributed by atoms with Crippen LogP contribution in [0.25, 0.3) is 0 Å².